The largest absolute Gasteiger partial charge is 0.435 e. The first kappa shape index (κ1) is 29.3. The van der Waals surface area contributed by atoms with Gasteiger partial charge in [-0.25, -0.2) is 4.99 Å². The molecule has 3 aromatic rings. The first-order valence-electron chi connectivity index (χ1n) is 13.7. The lowest BCUT2D eigenvalue weighted by Crippen LogP contribution is -2.42. The van der Waals surface area contributed by atoms with Crippen LogP contribution in [0, 0.1) is 0 Å². The van der Waals surface area contributed by atoms with Crippen LogP contribution in [-0.4, -0.2) is 91.8 Å². The minimum absolute atomic E-state index is 0.0156. The van der Waals surface area contributed by atoms with Crippen LogP contribution in [0.2, 0.25) is 0 Å². The Morgan fingerprint density at radius 1 is 1.14 bits per heavy atom. The van der Waals surface area contributed by atoms with Gasteiger partial charge in [0.2, 0.25) is 0 Å². The van der Waals surface area contributed by atoms with Gasteiger partial charge in [0.1, 0.15) is 29.6 Å². The summed E-state index contributed by atoms with van der Waals surface area (Å²) in [6.45, 7) is -5.82. The van der Waals surface area contributed by atoms with Crippen LogP contribution >= 0.6 is 0 Å². The molecule has 0 unspecified atom stereocenters. The SMILES string of the molecule is CN(C)C1CC(n2nnc(Cn3cc(NC(=O)C4=C5N=CC=CN5CC4)c(-c4cc(OC(F)F)ccc4OC(F)F)n3)n2)C1. The molecule has 1 aromatic carbocycles. The van der Waals surface area contributed by atoms with Gasteiger partial charge >= 0.3 is 13.2 Å². The van der Waals surface area contributed by atoms with E-state index >= 15 is 0 Å². The summed E-state index contributed by atoms with van der Waals surface area (Å²) in [5, 5.41) is 20.0. The number of fused-ring (bicyclic) bond motifs is 1. The smallest absolute Gasteiger partial charge is 0.387 e. The van der Waals surface area contributed by atoms with E-state index in [0.717, 1.165) is 31.0 Å². The number of nitrogens with zero attached hydrogens (tertiary/aromatic N) is 9. The zero-order chi connectivity index (χ0) is 31.0. The molecule has 0 bridgehead atoms. The van der Waals surface area contributed by atoms with Gasteiger partial charge in [-0.1, -0.05) is 0 Å². The highest BCUT2D eigenvalue weighted by molar-refractivity contribution is 6.06. The molecule has 0 spiro atoms. The highest BCUT2D eigenvalue weighted by Crippen LogP contribution is 2.39. The fourth-order valence-corrected chi connectivity index (χ4v) is 5.24. The molecule has 1 amide bonds. The minimum atomic E-state index is -3.22. The zero-order valence-electron chi connectivity index (χ0n) is 23.6. The predicted molar refractivity (Wildman–Crippen MR) is 148 cm³/mol. The Bertz CT molecular complexity index is 1630. The number of tetrazole rings is 1. The maximum atomic E-state index is 13.4. The Labute approximate surface area is 248 Å². The molecule has 2 aromatic heterocycles. The van der Waals surface area contributed by atoms with Crippen LogP contribution in [0.5, 0.6) is 11.5 Å². The van der Waals surface area contributed by atoms with Gasteiger partial charge in [-0.05, 0) is 62.8 Å². The molecular formula is C27H28F4N10O3. The number of nitrogens with one attached hydrogen (secondary N) is 1. The molecule has 44 heavy (non-hydrogen) atoms. The van der Waals surface area contributed by atoms with E-state index in [9.17, 15) is 22.4 Å². The summed E-state index contributed by atoms with van der Waals surface area (Å²) < 4.78 is 63.3. The molecule has 1 aliphatic carbocycles. The number of carbonyl (C=O) groups excluding carboxylic acids is 1. The zero-order valence-corrected chi connectivity index (χ0v) is 23.6. The number of allylic oxidation sites excluding steroid dienone is 1. The van der Waals surface area contributed by atoms with E-state index < -0.39 is 19.1 Å². The van der Waals surface area contributed by atoms with Crippen molar-refractivity contribution in [3.05, 3.63) is 53.9 Å². The molecule has 1 N–H and O–H groups in total. The van der Waals surface area contributed by atoms with Crippen LogP contribution in [0.4, 0.5) is 23.2 Å². The molecule has 1 saturated carbocycles. The molecule has 6 rings (SSSR count). The highest BCUT2D eigenvalue weighted by Gasteiger charge is 2.34. The van der Waals surface area contributed by atoms with Crippen molar-refractivity contribution in [2.24, 2.45) is 4.99 Å². The minimum Gasteiger partial charge on any atom is -0.435 e. The van der Waals surface area contributed by atoms with Crippen molar-refractivity contribution in [3.63, 3.8) is 0 Å². The van der Waals surface area contributed by atoms with E-state index in [1.807, 2.05) is 19.0 Å². The summed E-state index contributed by atoms with van der Waals surface area (Å²) in [7, 11) is 4.03. The molecule has 13 nitrogen and oxygen atoms in total. The second-order valence-electron chi connectivity index (χ2n) is 10.6. The second kappa shape index (κ2) is 12.1. The molecule has 3 aliphatic rings. The fourth-order valence-electron chi connectivity index (χ4n) is 5.24. The number of rotatable bonds is 11. The molecule has 0 radical (unpaired) electrons. The normalized spacial score (nSPS) is 19.2. The molecule has 2 aliphatic heterocycles. The number of amides is 1. The van der Waals surface area contributed by atoms with Crippen molar-refractivity contribution < 1.29 is 31.8 Å². The maximum Gasteiger partial charge on any atom is 0.387 e. The van der Waals surface area contributed by atoms with Crippen molar-refractivity contribution in [2.75, 3.05) is 26.0 Å². The Morgan fingerprint density at radius 2 is 1.93 bits per heavy atom. The standard InChI is InChI=1S/C27H28F4N10O3/c1-38(2)15-10-16(11-15)41-35-22(34-37-41)14-40-13-20(33-25(42)18-6-9-39-8-3-7-32-24(18)39)23(36-40)19-12-17(43-26(28)29)4-5-21(19)44-27(30)31/h3-5,7-8,12-13,15-16,26-27H,6,9-11,14H2,1-2H3,(H,33,42). The van der Waals surface area contributed by atoms with E-state index in [2.05, 4.69) is 45.2 Å². The first-order chi connectivity index (χ1) is 21.1. The van der Waals surface area contributed by atoms with Crippen LogP contribution < -0.4 is 14.8 Å². The van der Waals surface area contributed by atoms with Crippen LogP contribution in [0.25, 0.3) is 11.3 Å². The van der Waals surface area contributed by atoms with Gasteiger partial charge in [0, 0.05) is 31.2 Å². The molecule has 17 heteroatoms. The summed E-state index contributed by atoms with van der Waals surface area (Å²) in [6, 6.07) is 3.77. The van der Waals surface area contributed by atoms with Gasteiger partial charge in [-0.3, -0.25) is 9.48 Å². The van der Waals surface area contributed by atoms with Crippen molar-refractivity contribution >= 4 is 17.8 Å². The number of aliphatic imine (C=N–C) groups is 1. The number of hydrogen-bond donors (Lipinski definition) is 1. The summed E-state index contributed by atoms with van der Waals surface area (Å²) in [4.78, 5) is 23.3. The van der Waals surface area contributed by atoms with Crippen LogP contribution in [0.1, 0.15) is 31.1 Å². The third-order valence-corrected chi connectivity index (χ3v) is 7.54. The summed E-state index contributed by atoms with van der Waals surface area (Å²) in [6.07, 6.45) is 8.76. The average molecular weight is 617 g/mol. The van der Waals surface area contributed by atoms with Gasteiger partial charge in [0.15, 0.2) is 5.82 Å². The Kier molecular flexibility index (Phi) is 8.03. The summed E-state index contributed by atoms with van der Waals surface area (Å²) in [5.41, 5.74) is 0.374. The number of hydrogen-bond acceptors (Lipinski definition) is 10. The number of benzene rings is 1. The van der Waals surface area contributed by atoms with Crippen LogP contribution in [0.3, 0.4) is 0 Å². The van der Waals surface area contributed by atoms with Crippen LogP contribution in [-0.2, 0) is 11.3 Å². The van der Waals surface area contributed by atoms with E-state index in [1.165, 1.54) is 10.9 Å². The second-order valence-corrected chi connectivity index (χ2v) is 10.6. The Balaban J connectivity index is 1.33. The Hall–Kier alpha value is -4.80. The third-order valence-electron chi connectivity index (χ3n) is 7.54. The van der Waals surface area contributed by atoms with Gasteiger partial charge in [0.25, 0.3) is 5.91 Å². The fraction of sp³-hybridized carbons (Fsp3) is 0.407. The molecule has 4 heterocycles. The number of halogens is 4. The lowest BCUT2D eigenvalue weighted by Gasteiger charge is -2.38. The predicted octanol–water partition coefficient (Wildman–Crippen LogP) is 3.51. The maximum absolute atomic E-state index is 13.4. The van der Waals surface area contributed by atoms with Crippen molar-refractivity contribution in [2.45, 2.75) is 51.1 Å². The van der Waals surface area contributed by atoms with Gasteiger partial charge in [-0.15, -0.1) is 10.2 Å². The summed E-state index contributed by atoms with van der Waals surface area (Å²) >= 11 is 0. The average Bonchev–Trinajstić information content (AvgIpc) is 3.67. The van der Waals surface area contributed by atoms with Crippen molar-refractivity contribution in [3.8, 4) is 22.8 Å². The molecule has 0 saturated heterocycles. The Morgan fingerprint density at radius 3 is 2.68 bits per heavy atom. The van der Waals surface area contributed by atoms with Crippen molar-refractivity contribution in [1.82, 2.24) is 39.8 Å². The van der Waals surface area contributed by atoms with E-state index in [-0.39, 0.29) is 41.0 Å². The molecule has 232 valence electrons. The number of ether oxygens (including phenoxy) is 2. The topological polar surface area (TPSA) is 128 Å². The van der Waals surface area contributed by atoms with E-state index in [1.54, 1.807) is 23.3 Å². The van der Waals surface area contributed by atoms with Crippen LogP contribution in [0.15, 0.2) is 53.1 Å². The number of alkyl halides is 4. The van der Waals surface area contributed by atoms with Gasteiger partial charge in [0.05, 0.1) is 22.9 Å². The van der Waals surface area contributed by atoms with Gasteiger partial charge in [-0.2, -0.15) is 27.5 Å². The number of anilines is 1. The molecule has 0 atom stereocenters. The van der Waals surface area contributed by atoms with Gasteiger partial charge < -0.3 is 24.6 Å². The van der Waals surface area contributed by atoms with E-state index in [0.29, 0.717) is 36.2 Å². The quantitative estimate of drug-likeness (QED) is 0.322. The molecular weight excluding hydrogens is 588 g/mol. The van der Waals surface area contributed by atoms with E-state index in [4.69, 9.17) is 0 Å². The first-order valence-corrected chi connectivity index (χ1v) is 13.7. The number of carbonyl (C=O) groups is 1. The lowest BCUT2D eigenvalue weighted by molar-refractivity contribution is -0.113. The summed E-state index contributed by atoms with van der Waals surface area (Å²) in [5.74, 6) is -0.353. The van der Waals surface area contributed by atoms with Crippen molar-refractivity contribution in [1.29, 1.82) is 0 Å². The number of aromatic nitrogens is 6. The third kappa shape index (κ3) is 6.13. The molecule has 1 fully saturated rings. The monoisotopic (exact) mass is 616 g/mol. The highest BCUT2D eigenvalue weighted by atomic mass is 19.3. The lowest BCUT2D eigenvalue weighted by atomic mass is 9.86.